The van der Waals surface area contributed by atoms with Crippen LogP contribution in [0.15, 0.2) is 0 Å². The fraction of sp³-hybridized carbons (Fsp3) is 1.00. The van der Waals surface area contributed by atoms with Gasteiger partial charge in [0.2, 0.25) is 0 Å². The second kappa shape index (κ2) is 8.21. The third kappa shape index (κ3) is 6.35. The van der Waals surface area contributed by atoms with Gasteiger partial charge in [-0.05, 0) is 18.9 Å². The van der Waals surface area contributed by atoms with Gasteiger partial charge in [-0.25, -0.2) is 0 Å². The fourth-order valence-electron chi connectivity index (χ4n) is 1.40. The van der Waals surface area contributed by atoms with E-state index >= 15 is 0 Å². The Morgan fingerprint density at radius 1 is 1.36 bits per heavy atom. The molecule has 14 heavy (non-hydrogen) atoms. The number of rotatable bonds is 8. The Balaban J connectivity index is 3.68. The Morgan fingerprint density at radius 2 is 2.00 bits per heavy atom. The highest BCUT2D eigenvalue weighted by Gasteiger charge is 2.09. The van der Waals surface area contributed by atoms with Crippen molar-refractivity contribution in [2.24, 2.45) is 11.7 Å². The van der Waals surface area contributed by atoms with E-state index in [1.807, 2.05) is 0 Å². The van der Waals surface area contributed by atoms with Crippen LogP contribution in [0.1, 0.15) is 33.6 Å². The van der Waals surface area contributed by atoms with Crippen molar-refractivity contribution in [2.75, 3.05) is 26.2 Å². The number of aliphatic hydroxyl groups excluding tert-OH is 1. The molecule has 0 fully saturated rings. The largest absolute Gasteiger partial charge is 0.392 e. The minimum atomic E-state index is -0.332. The summed E-state index contributed by atoms with van der Waals surface area (Å²) in [6.07, 6.45) is 1.68. The molecule has 0 saturated carbocycles. The Kier molecular flexibility index (Phi) is 8.14. The summed E-state index contributed by atoms with van der Waals surface area (Å²) in [6.45, 7) is 10.2. The zero-order valence-corrected chi connectivity index (χ0v) is 9.87. The summed E-state index contributed by atoms with van der Waals surface area (Å²) in [5.41, 5.74) is 5.36. The third-order valence-corrected chi connectivity index (χ3v) is 2.76. The zero-order chi connectivity index (χ0) is 11.0. The van der Waals surface area contributed by atoms with Crippen molar-refractivity contribution in [3.05, 3.63) is 0 Å². The molecule has 86 valence electrons. The lowest BCUT2D eigenvalue weighted by Gasteiger charge is -2.24. The molecular formula is C11H26N2O. The minimum absolute atomic E-state index is 0.332. The van der Waals surface area contributed by atoms with E-state index in [2.05, 4.69) is 25.7 Å². The molecule has 0 amide bonds. The van der Waals surface area contributed by atoms with Crippen LogP contribution < -0.4 is 5.73 Å². The first-order chi connectivity index (χ1) is 6.63. The van der Waals surface area contributed by atoms with Gasteiger partial charge in [-0.3, -0.25) is 0 Å². The summed E-state index contributed by atoms with van der Waals surface area (Å²) in [4.78, 5) is 2.38. The molecule has 0 bridgehead atoms. The van der Waals surface area contributed by atoms with E-state index in [0.29, 0.717) is 6.54 Å². The molecule has 2 unspecified atom stereocenters. The van der Waals surface area contributed by atoms with Gasteiger partial charge < -0.3 is 15.7 Å². The van der Waals surface area contributed by atoms with Crippen molar-refractivity contribution in [2.45, 2.75) is 39.7 Å². The first kappa shape index (κ1) is 13.9. The van der Waals surface area contributed by atoms with E-state index < -0.39 is 0 Å². The molecule has 0 spiro atoms. The number of hydrogen-bond donors (Lipinski definition) is 2. The van der Waals surface area contributed by atoms with Gasteiger partial charge in [0.05, 0.1) is 6.10 Å². The van der Waals surface area contributed by atoms with E-state index in [0.717, 1.165) is 32.0 Å². The summed E-state index contributed by atoms with van der Waals surface area (Å²) in [7, 11) is 0. The molecule has 3 heteroatoms. The van der Waals surface area contributed by atoms with Crippen molar-refractivity contribution < 1.29 is 5.11 Å². The molecule has 3 N–H and O–H groups in total. The Hall–Kier alpha value is -0.120. The highest BCUT2D eigenvalue weighted by Crippen LogP contribution is 2.05. The molecule has 0 rings (SSSR count). The maximum absolute atomic E-state index is 9.34. The van der Waals surface area contributed by atoms with Crippen LogP contribution in [0.2, 0.25) is 0 Å². The molecule has 0 aliphatic heterocycles. The molecule has 0 aromatic rings. The highest BCUT2D eigenvalue weighted by atomic mass is 16.3. The number of nitrogens with zero attached hydrogens (tertiary/aromatic N) is 1. The Morgan fingerprint density at radius 3 is 2.43 bits per heavy atom. The predicted molar refractivity (Wildman–Crippen MR) is 61.2 cm³/mol. The number of hydrogen-bond acceptors (Lipinski definition) is 3. The van der Waals surface area contributed by atoms with E-state index in [4.69, 9.17) is 5.73 Å². The first-order valence-corrected chi connectivity index (χ1v) is 5.74. The van der Waals surface area contributed by atoms with Crippen LogP contribution >= 0.6 is 0 Å². The summed E-state index contributed by atoms with van der Waals surface area (Å²) >= 11 is 0. The Labute approximate surface area is 88.3 Å². The first-order valence-electron chi connectivity index (χ1n) is 5.74. The maximum Gasteiger partial charge on any atom is 0.0674 e. The number of nitrogens with two attached hydrogens (primary N) is 1. The smallest absolute Gasteiger partial charge is 0.0674 e. The molecule has 0 aromatic heterocycles. The molecular weight excluding hydrogens is 176 g/mol. The lowest BCUT2D eigenvalue weighted by Crippen LogP contribution is -2.32. The average molecular weight is 202 g/mol. The second-order valence-electron chi connectivity index (χ2n) is 4.08. The van der Waals surface area contributed by atoms with Crippen molar-refractivity contribution in [3.63, 3.8) is 0 Å². The van der Waals surface area contributed by atoms with Gasteiger partial charge in [0, 0.05) is 19.6 Å². The van der Waals surface area contributed by atoms with Crippen LogP contribution in [0.4, 0.5) is 0 Å². The summed E-state index contributed by atoms with van der Waals surface area (Å²) in [5.74, 6) is 0.741. The molecule has 3 nitrogen and oxygen atoms in total. The van der Waals surface area contributed by atoms with Crippen molar-refractivity contribution in [1.29, 1.82) is 0 Å². The van der Waals surface area contributed by atoms with E-state index in [1.165, 1.54) is 6.42 Å². The van der Waals surface area contributed by atoms with Crippen molar-refractivity contribution >= 4 is 0 Å². The Bertz CT molecular complexity index is 130. The van der Waals surface area contributed by atoms with Gasteiger partial charge in [0.15, 0.2) is 0 Å². The fourth-order valence-corrected chi connectivity index (χ4v) is 1.40. The molecule has 0 aromatic carbocycles. The lowest BCUT2D eigenvalue weighted by atomic mass is 10.1. The van der Waals surface area contributed by atoms with Crippen LogP contribution in [-0.4, -0.2) is 42.3 Å². The van der Waals surface area contributed by atoms with Crippen LogP contribution in [0.5, 0.6) is 0 Å². The topological polar surface area (TPSA) is 49.5 Å². The highest BCUT2D eigenvalue weighted by molar-refractivity contribution is 4.64. The van der Waals surface area contributed by atoms with Gasteiger partial charge in [-0.2, -0.15) is 0 Å². The third-order valence-electron chi connectivity index (χ3n) is 2.76. The molecule has 0 aliphatic rings. The normalized spacial score (nSPS) is 15.9. The number of aliphatic hydroxyl groups is 1. The lowest BCUT2D eigenvalue weighted by molar-refractivity contribution is 0.143. The van der Waals surface area contributed by atoms with Crippen molar-refractivity contribution in [3.8, 4) is 0 Å². The predicted octanol–water partition coefficient (Wildman–Crippen LogP) is 1.06. The van der Waals surface area contributed by atoms with E-state index in [9.17, 15) is 5.11 Å². The van der Waals surface area contributed by atoms with Crippen molar-refractivity contribution in [1.82, 2.24) is 4.90 Å². The summed E-state index contributed by atoms with van der Waals surface area (Å²) in [6, 6.07) is 0. The quantitative estimate of drug-likeness (QED) is 0.619. The standard InChI is InChI=1S/C11H26N2O/c1-4-10(3)9-13(5-2)7-6-11(14)8-12/h10-11,14H,4-9,12H2,1-3H3. The second-order valence-corrected chi connectivity index (χ2v) is 4.08. The molecule has 0 heterocycles. The summed E-state index contributed by atoms with van der Waals surface area (Å²) in [5, 5.41) is 9.34. The van der Waals surface area contributed by atoms with Crippen LogP contribution in [0, 0.1) is 5.92 Å². The summed E-state index contributed by atoms with van der Waals surface area (Å²) < 4.78 is 0. The monoisotopic (exact) mass is 202 g/mol. The van der Waals surface area contributed by atoms with Gasteiger partial charge in [0.1, 0.15) is 0 Å². The van der Waals surface area contributed by atoms with Gasteiger partial charge >= 0.3 is 0 Å². The van der Waals surface area contributed by atoms with Gasteiger partial charge in [-0.15, -0.1) is 0 Å². The van der Waals surface area contributed by atoms with Crippen LogP contribution in [0.3, 0.4) is 0 Å². The van der Waals surface area contributed by atoms with E-state index in [-0.39, 0.29) is 6.10 Å². The van der Waals surface area contributed by atoms with Gasteiger partial charge in [-0.1, -0.05) is 27.2 Å². The maximum atomic E-state index is 9.34. The SMILES string of the molecule is CCC(C)CN(CC)CCC(O)CN. The average Bonchev–Trinajstić information content (AvgIpc) is 2.22. The molecule has 0 radical (unpaired) electrons. The van der Waals surface area contributed by atoms with E-state index in [1.54, 1.807) is 0 Å². The molecule has 0 saturated heterocycles. The van der Waals surface area contributed by atoms with Crippen LogP contribution in [0.25, 0.3) is 0 Å². The van der Waals surface area contributed by atoms with Crippen LogP contribution in [-0.2, 0) is 0 Å². The zero-order valence-electron chi connectivity index (χ0n) is 9.87. The molecule has 0 aliphatic carbocycles. The minimum Gasteiger partial charge on any atom is -0.392 e. The molecule has 2 atom stereocenters. The van der Waals surface area contributed by atoms with Gasteiger partial charge in [0.25, 0.3) is 0 Å².